The van der Waals surface area contributed by atoms with Crippen LogP contribution in [0.1, 0.15) is 0 Å². The van der Waals surface area contributed by atoms with Gasteiger partial charge in [-0.05, 0) is 12.1 Å². The molecule has 0 saturated carbocycles. The number of nitrogens with zero attached hydrogens (tertiary/aromatic N) is 2. The summed E-state index contributed by atoms with van der Waals surface area (Å²) in [6.07, 6.45) is 0.0516. The Labute approximate surface area is 141 Å². The van der Waals surface area contributed by atoms with Crippen molar-refractivity contribution < 1.29 is 9.53 Å². The molecule has 0 spiro atoms. The van der Waals surface area contributed by atoms with E-state index in [2.05, 4.69) is 11.0 Å². The highest BCUT2D eigenvalue weighted by molar-refractivity contribution is 7.99. The number of morpholine rings is 1. The van der Waals surface area contributed by atoms with Gasteiger partial charge in [-0.3, -0.25) is 9.69 Å². The molecule has 3 rings (SSSR count). The van der Waals surface area contributed by atoms with Gasteiger partial charge in [-0.15, -0.1) is 24.2 Å². The van der Waals surface area contributed by atoms with Crippen LogP contribution in [-0.4, -0.2) is 62.0 Å². The molecule has 0 bridgehead atoms. The fourth-order valence-corrected chi connectivity index (χ4v) is 3.77. The molecule has 5 nitrogen and oxygen atoms in total. The molecule has 1 atom stereocenters. The minimum atomic E-state index is 0. The lowest BCUT2D eigenvalue weighted by atomic mass is 10.2. The van der Waals surface area contributed by atoms with Gasteiger partial charge >= 0.3 is 0 Å². The lowest BCUT2D eigenvalue weighted by molar-refractivity contribution is -0.121. The van der Waals surface area contributed by atoms with Gasteiger partial charge in [0.15, 0.2) is 0 Å². The molecule has 2 heterocycles. The third-order valence-corrected chi connectivity index (χ3v) is 4.92. The molecule has 0 aliphatic carbocycles. The average molecular weight is 344 g/mol. The molecule has 0 radical (unpaired) electrons. The van der Waals surface area contributed by atoms with Crippen molar-refractivity contribution in [3.8, 4) is 0 Å². The summed E-state index contributed by atoms with van der Waals surface area (Å²) in [5.41, 5.74) is 6.70. The summed E-state index contributed by atoms with van der Waals surface area (Å²) in [6, 6.07) is 8.12. The van der Waals surface area contributed by atoms with E-state index in [-0.39, 0.29) is 24.4 Å². The van der Waals surface area contributed by atoms with Crippen LogP contribution in [0, 0.1) is 0 Å². The van der Waals surface area contributed by atoms with Crippen LogP contribution in [0.2, 0.25) is 0 Å². The fourth-order valence-electron chi connectivity index (χ4n) is 2.77. The summed E-state index contributed by atoms with van der Waals surface area (Å²) >= 11 is 1.82. The number of amides is 1. The van der Waals surface area contributed by atoms with E-state index in [1.807, 2.05) is 34.9 Å². The molecule has 2 aliphatic heterocycles. The Bertz CT molecular complexity index is 517. The van der Waals surface area contributed by atoms with Crippen LogP contribution in [0.4, 0.5) is 5.69 Å². The molecule has 22 heavy (non-hydrogen) atoms. The molecule has 1 amide bonds. The number of ether oxygens (including phenoxy) is 1. The molecule has 1 aromatic rings. The summed E-state index contributed by atoms with van der Waals surface area (Å²) in [6.45, 7) is 3.93. The number of carbonyl (C=O) groups is 1. The number of benzene rings is 1. The number of carbonyl (C=O) groups excluding carboxylic acids is 1. The summed E-state index contributed by atoms with van der Waals surface area (Å²) < 4.78 is 5.55. The second kappa shape index (κ2) is 8.17. The topological polar surface area (TPSA) is 58.8 Å². The normalized spacial score (nSPS) is 21.9. The number of fused-ring (bicyclic) bond motifs is 1. The monoisotopic (exact) mass is 343 g/mol. The lowest BCUT2D eigenvalue weighted by Gasteiger charge is -2.34. The predicted molar refractivity (Wildman–Crippen MR) is 92.0 cm³/mol. The van der Waals surface area contributed by atoms with E-state index in [0.29, 0.717) is 19.7 Å². The summed E-state index contributed by atoms with van der Waals surface area (Å²) in [4.78, 5) is 17.9. The maximum absolute atomic E-state index is 12.6. The van der Waals surface area contributed by atoms with Gasteiger partial charge in [-0.25, -0.2) is 0 Å². The minimum Gasteiger partial charge on any atom is -0.374 e. The Hall–Kier alpha value is -0.790. The Morgan fingerprint density at radius 3 is 3.00 bits per heavy atom. The van der Waals surface area contributed by atoms with Gasteiger partial charge in [0, 0.05) is 36.8 Å². The molecule has 122 valence electrons. The van der Waals surface area contributed by atoms with Crippen molar-refractivity contribution in [2.45, 2.75) is 11.0 Å². The second-order valence-electron chi connectivity index (χ2n) is 5.33. The van der Waals surface area contributed by atoms with Gasteiger partial charge in [0.05, 0.1) is 24.9 Å². The summed E-state index contributed by atoms with van der Waals surface area (Å²) in [5, 5.41) is 0. The predicted octanol–water partition coefficient (Wildman–Crippen LogP) is 1.21. The Kier molecular flexibility index (Phi) is 6.52. The molecule has 7 heteroatoms. The Balaban J connectivity index is 0.00000176. The van der Waals surface area contributed by atoms with Crippen LogP contribution in [0.5, 0.6) is 0 Å². The highest BCUT2D eigenvalue weighted by Gasteiger charge is 2.26. The van der Waals surface area contributed by atoms with Crippen LogP contribution >= 0.6 is 24.2 Å². The van der Waals surface area contributed by atoms with E-state index in [9.17, 15) is 4.79 Å². The number of rotatable bonds is 3. The first-order valence-electron chi connectivity index (χ1n) is 7.34. The van der Waals surface area contributed by atoms with Gasteiger partial charge in [-0.1, -0.05) is 12.1 Å². The molecule has 1 fully saturated rings. The molecule has 2 aliphatic rings. The minimum absolute atomic E-state index is 0. The van der Waals surface area contributed by atoms with Crippen molar-refractivity contribution in [3.63, 3.8) is 0 Å². The van der Waals surface area contributed by atoms with E-state index < -0.39 is 0 Å². The smallest absolute Gasteiger partial charge is 0.241 e. The van der Waals surface area contributed by atoms with Crippen molar-refractivity contribution in [2.75, 3.05) is 50.0 Å². The van der Waals surface area contributed by atoms with Crippen molar-refractivity contribution in [1.29, 1.82) is 0 Å². The number of hydrogen-bond donors (Lipinski definition) is 1. The number of anilines is 1. The highest BCUT2D eigenvalue weighted by Crippen LogP contribution is 2.34. The van der Waals surface area contributed by atoms with Crippen LogP contribution in [0.15, 0.2) is 29.2 Å². The number of hydrogen-bond acceptors (Lipinski definition) is 5. The van der Waals surface area contributed by atoms with Crippen molar-refractivity contribution in [1.82, 2.24) is 4.90 Å². The number of nitrogens with two attached hydrogens (primary N) is 1. The van der Waals surface area contributed by atoms with Gasteiger partial charge < -0.3 is 15.4 Å². The molecular formula is C15H22ClN3O2S. The van der Waals surface area contributed by atoms with Crippen LogP contribution in [0.3, 0.4) is 0 Å². The lowest BCUT2D eigenvalue weighted by Crippen LogP contribution is -2.50. The van der Waals surface area contributed by atoms with Gasteiger partial charge in [0.25, 0.3) is 0 Å². The third-order valence-electron chi connectivity index (χ3n) is 3.87. The number of thioether (sulfide) groups is 1. The largest absolute Gasteiger partial charge is 0.374 e. The summed E-state index contributed by atoms with van der Waals surface area (Å²) in [7, 11) is 0. The maximum Gasteiger partial charge on any atom is 0.241 e. The SMILES string of the molecule is Cl.NCC1CN(CC(=O)N2CCSc3ccccc32)CCO1. The van der Waals surface area contributed by atoms with E-state index >= 15 is 0 Å². The zero-order valence-electron chi connectivity index (χ0n) is 12.4. The second-order valence-corrected chi connectivity index (χ2v) is 6.46. The Morgan fingerprint density at radius 2 is 2.18 bits per heavy atom. The van der Waals surface area contributed by atoms with Crippen LogP contribution in [0.25, 0.3) is 0 Å². The van der Waals surface area contributed by atoms with Crippen LogP contribution < -0.4 is 10.6 Å². The summed E-state index contributed by atoms with van der Waals surface area (Å²) in [5.74, 6) is 1.12. The molecule has 0 aromatic heterocycles. The average Bonchev–Trinajstić information content (AvgIpc) is 2.54. The standard InChI is InChI=1S/C15H21N3O2S.ClH/c16-9-12-10-17(5-7-20-12)11-15(19)18-6-8-21-14-4-2-1-3-13(14)18;/h1-4,12H,5-11,16H2;1H. The zero-order chi connectivity index (χ0) is 14.7. The molecule has 1 aromatic carbocycles. The first-order chi connectivity index (χ1) is 10.3. The first kappa shape index (κ1) is 17.6. The van der Waals surface area contributed by atoms with E-state index in [1.54, 1.807) is 0 Å². The number of para-hydroxylation sites is 1. The maximum atomic E-state index is 12.6. The highest BCUT2D eigenvalue weighted by atomic mass is 35.5. The molecular weight excluding hydrogens is 322 g/mol. The van der Waals surface area contributed by atoms with Crippen molar-refractivity contribution >= 4 is 35.8 Å². The van der Waals surface area contributed by atoms with Crippen LogP contribution in [-0.2, 0) is 9.53 Å². The molecule has 2 N–H and O–H groups in total. The first-order valence-corrected chi connectivity index (χ1v) is 8.32. The molecule has 1 unspecified atom stereocenters. The zero-order valence-corrected chi connectivity index (χ0v) is 14.1. The fraction of sp³-hybridized carbons (Fsp3) is 0.533. The van der Waals surface area contributed by atoms with Crippen molar-refractivity contribution in [2.24, 2.45) is 5.73 Å². The van der Waals surface area contributed by atoms with Crippen molar-refractivity contribution in [3.05, 3.63) is 24.3 Å². The van der Waals surface area contributed by atoms with E-state index in [1.165, 1.54) is 4.90 Å². The third kappa shape index (κ3) is 3.94. The van der Waals surface area contributed by atoms with Gasteiger partial charge in [-0.2, -0.15) is 0 Å². The number of halogens is 1. The van der Waals surface area contributed by atoms with Gasteiger partial charge in [0.2, 0.25) is 5.91 Å². The van der Waals surface area contributed by atoms with Gasteiger partial charge in [0.1, 0.15) is 0 Å². The quantitative estimate of drug-likeness (QED) is 0.894. The van der Waals surface area contributed by atoms with E-state index in [4.69, 9.17) is 10.5 Å². The Morgan fingerprint density at radius 1 is 1.36 bits per heavy atom. The van der Waals surface area contributed by atoms with E-state index in [0.717, 1.165) is 31.1 Å². The molecule has 1 saturated heterocycles.